The van der Waals surface area contributed by atoms with Gasteiger partial charge in [0.25, 0.3) is 11.8 Å². The van der Waals surface area contributed by atoms with E-state index < -0.39 is 0 Å². The van der Waals surface area contributed by atoms with Crippen LogP contribution in [0, 0.1) is 0 Å². The number of fused-ring (bicyclic) bond motifs is 3. The Labute approximate surface area is 145 Å². The molecule has 3 aromatic rings. The second-order valence-electron chi connectivity index (χ2n) is 6.32. The highest BCUT2D eigenvalue weighted by Gasteiger charge is 2.17. The lowest BCUT2D eigenvalue weighted by atomic mass is 9.95. The number of H-pyrrole nitrogens is 1. The fraction of sp³-hybridized carbons (Fsp3) is 0.200. The van der Waals surface area contributed by atoms with Crippen LogP contribution in [0.5, 0.6) is 0 Å². The van der Waals surface area contributed by atoms with Crippen LogP contribution >= 0.6 is 0 Å². The van der Waals surface area contributed by atoms with E-state index in [9.17, 15) is 9.59 Å². The number of hydrazine groups is 1. The van der Waals surface area contributed by atoms with Crippen LogP contribution in [-0.4, -0.2) is 16.8 Å². The van der Waals surface area contributed by atoms with Crippen molar-refractivity contribution in [1.82, 2.24) is 15.8 Å². The molecule has 0 radical (unpaired) electrons. The van der Waals surface area contributed by atoms with E-state index in [-0.39, 0.29) is 11.8 Å². The quantitative estimate of drug-likeness (QED) is 0.630. The molecule has 126 valence electrons. The monoisotopic (exact) mass is 333 g/mol. The highest BCUT2D eigenvalue weighted by atomic mass is 16.2. The van der Waals surface area contributed by atoms with Crippen molar-refractivity contribution in [1.29, 1.82) is 0 Å². The maximum Gasteiger partial charge on any atom is 0.269 e. The predicted octanol–water partition coefficient (Wildman–Crippen LogP) is 3.12. The molecule has 0 bridgehead atoms. The third-order valence-corrected chi connectivity index (χ3v) is 4.69. The fourth-order valence-electron chi connectivity index (χ4n) is 3.39. The second kappa shape index (κ2) is 6.43. The van der Waals surface area contributed by atoms with E-state index in [4.69, 9.17) is 0 Å². The molecule has 2 amide bonds. The number of hydrogen-bond acceptors (Lipinski definition) is 2. The molecule has 3 N–H and O–H groups in total. The van der Waals surface area contributed by atoms with Crippen LogP contribution in [0.1, 0.15) is 44.8 Å². The van der Waals surface area contributed by atoms with Gasteiger partial charge in [-0.15, -0.1) is 0 Å². The van der Waals surface area contributed by atoms with Crippen molar-refractivity contribution in [2.45, 2.75) is 25.7 Å². The molecule has 5 nitrogen and oxygen atoms in total. The Kier molecular flexibility index (Phi) is 3.98. The number of carbonyl (C=O) groups is 2. The number of aryl methyl sites for hydroxylation is 2. The molecule has 0 spiro atoms. The van der Waals surface area contributed by atoms with E-state index in [1.165, 1.54) is 24.1 Å². The average Bonchev–Trinajstić information content (AvgIpc) is 3.04. The Morgan fingerprint density at radius 1 is 0.840 bits per heavy atom. The minimum absolute atomic E-state index is 0.322. The van der Waals surface area contributed by atoms with Crippen LogP contribution in [0.3, 0.4) is 0 Å². The van der Waals surface area contributed by atoms with Gasteiger partial charge < -0.3 is 4.98 Å². The Balaban J connectivity index is 1.51. The molecular formula is C20H19N3O2. The lowest BCUT2D eigenvalue weighted by Gasteiger charge is -2.11. The zero-order chi connectivity index (χ0) is 17.2. The summed E-state index contributed by atoms with van der Waals surface area (Å²) >= 11 is 0. The van der Waals surface area contributed by atoms with Gasteiger partial charge in [0.1, 0.15) is 0 Å². The van der Waals surface area contributed by atoms with Crippen LogP contribution in [0.25, 0.3) is 10.9 Å². The van der Waals surface area contributed by atoms with E-state index in [0.717, 1.165) is 23.7 Å². The number of aromatic amines is 1. The Bertz CT molecular complexity index is 944. The predicted molar refractivity (Wildman–Crippen MR) is 96.3 cm³/mol. The first kappa shape index (κ1) is 15.4. The average molecular weight is 333 g/mol. The minimum Gasteiger partial charge on any atom is -0.358 e. The SMILES string of the molecule is O=C(NNC(=O)c1ccc2[nH]c3c(c2c1)CCCC3)c1ccccc1. The van der Waals surface area contributed by atoms with Crippen molar-refractivity contribution in [3.63, 3.8) is 0 Å². The van der Waals surface area contributed by atoms with E-state index in [1.807, 2.05) is 18.2 Å². The van der Waals surface area contributed by atoms with Gasteiger partial charge in [0, 0.05) is 27.7 Å². The van der Waals surface area contributed by atoms with Gasteiger partial charge in [-0.1, -0.05) is 18.2 Å². The van der Waals surface area contributed by atoms with Crippen molar-refractivity contribution >= 4 is 22.7 Å². The number of aromatic nitrogens is 1. The zero-order valence-electron chi connectivity index (χ0n) is 13.8. The summed E-state index contributed by atoms with van der Waals surface area (Å²) in [6.07, 6.45) is 4.51. The first-order valence-corrected chi connectivity index (χ1v) is 8.51. The van der Waals surface area contributed by atoms with E-state index >= 15 is 0 Å². The maximum absolute atomic E-state index is 12.4. The van der Waals surface area contributed by atoms with Crippen LogP contribution < -0.4 is 10.9 Å². The van der Waals surface area contributed by atoms with Gasteiger partial charge in [0.15, 0.2) is 0 Å². The van der Waals surface area contributed by atoms with Gasteiger partial charge in [-0.05, 0) is 61.6 Å². The molecule has 0 saturated heterocycles. The van der Waals surface area contributed by atoms with Gasteiger partial charge in [-0.3, -0.25) is 20.4 Å². The summed E-state index contributed by atoms with van der Waals surface area (Å²) < 4.78 is 0. The van der Waals surface area contributed by atoms with Gasteiger partial charge in [-0.2, -0.15) is 0 Å². The van der Waals surface area contributed by atoms with Crippen LogP contribution in [-0.2, 0) is 12.8 Å². The van der Waals surface area contributed by atoms with Crippen LogP contribution in [0.2, 0.25) is 0 Å². The minimum atomic E-state index is -0.339. The highest BCUT2D eigenvalue weighted by molar-refractivity contribution is 6.01. The van der Waals surface area contributed by atoms with Crippen molar-refractivity contribution in [3.8, 4) is 0 Å². The number of hydrogen-bond donors (Lipinski definition) is 3. The summed E-state index contributed by atoms with van der Waals surface area (Å²) in [4.78, 5) is 27.8. The van der Waals surface area contributed by atoms with Crippen molar-refractivity contribution in [3.05, 3.63) is 70.9 Å². The van der Waals surface area contributed by atoms with E-state index in [0.29, 0.717) is 11.1 Å². The molecule has 2 aromatic carbocycles. The van der Waals surface area contributed by atoms with Gasteiger partial charge in [-0.25, -0.2) is 0 Å². The number of carbonyl (C=O) groups excluding carboxylic acids is 2. The first-order valence-electron chi connectivity index (χ1n) is 8.51. The molecule has 0 unspecified atom stereocenters. The molecule has 4 rings (SSSR count). The highest BCUT2D eigenvalue weighted by Crippen LogP contribution is 2.29. The van der Waals surface area contributed by atoms with Gasteiger partial charge in [0.2, 0.25) is 0 Å². The van der Waals surface area contributed by atoms with Crippen LogP contribution in [0.4, 0.5) is 0 Å². The fourth-order valence-corrected chi connectivity index (χ4v) is 3.39. The number of nitrogens with one attached hydrogen (secondary N) is 3. The largest absolute Gasteiger partial charge is 0.358 e. The Hall–Kier alpha value is -3.08. The summed E-state index contributed by atoms with van der Waals surface area (Å²) in [6, 6.07) is 14.4. The van der Waals surface area contributed by atoms with Crippen LogP contribution in [0.15, 0.2) is 48.5 Å². The normalized spacial score (nSPS) is 13.3. The lowest BCUT2D eigenvalue weighted by Crippen LogP contribution is -2.41. The van der Waals surface area contributed by atoms with Crippen molar-refractivity contribution in [2.75, 3.05) is 0 Å². The molecule has 1 aromatic heterocycles. The smallest absolute Gasteiger partial charge is 0.269 e. The van der Waals surface area contributed by atoms with Crippen molar-refractivity contribution in [2.24, 2.45) is 0 Å². The van der Waals surface area contributed by atoms with E-state index in [1.54, 1.807) is 30.3 Å². The maximum atomic E-state index is 12.4. The Morgan fingerprint density at radius 3 is 2.36 bits per heavy atom. The standard InChI is InChI=1S/C20H19N3O2/c24-19(13-6-2-1-3-7-13)22-23-20(25)14-10-11-18-16(12-14)15-8-4-5-9-17(15)21-18/h1-3,6-7,10-12,21H,4-5,8-9H2,(H,22,24)(H,23,25). The molecule has 1 heterocycles. The molecule has 1 aliphatic carbocycles. The lowest BCUT2D eigenvalue weighted by molar-refractivity contribution is 0.0847. The second-order valence-corrected chi connectivity index (χ2v) is 6.32. The number of rotatable bonds is 2. The summed E-state index contributed by atoms with van der Waals surface area (Å²) in [5.41, 5.74) is 9.65. The van der Waals surface area contributed by atoms with Gasteiger partial charge >= 0.3 is 0 Å². The molecule has 25 heavy (non-hydrogen) atoms. The molecule has 1 aliphatic rings. The first-order chi connectivity index (χ1) is 12.2. The molecule has 5 heteroatoms. The third kappa shape index (κ3) is 3.01. The molecule has 0 saturated carbocycles. The number of benzene rings is 2. The third-order valence-electron chi connectivity index (χ3n) is 4.69. The molecule has 0 aliphatic heterocycles. The summed E-state index contributed by atoms with van der Waals surface area (Å²) in [7, 11) is 0. The Morgan fingerprint density at radius 2 is 1.56 bits per heavy atom. The summed E-state index contributed by atoms with van der Waals surface area (Å²) in [5.74, 6) is -0.661. The summed E-state index contributed by atoms with van der Waals surface area (Å²) in [6.45, 7) is 0. The molecular weight excluding hydrogens is 314 g/mol. The molecule has 0 fully saturated rings. The summed E-state index contributed by atoms with van der Waals surface area (Å²) in [5, 5.41) is 1.11. The van der Waals surface area contributed by atoms with Gasteiger partial charge in [0.05, 0.1) is 0 Å². The van der Waals surface area contributed by atoms with E-state index in [2.05, 4.69) is 15.8 Å². The molecule has 0 atom stereocenters. The van der Waals surface area contributed by atoms with Crippen molar-refractivity contribution < 1.29 is 9.59 Å². The number of amides is 2. The zero-order valence-corrected chi connectivity index (χ0v) is 13.8. The topological polar surface area (TPSA) is 74.0 Å².